The number of aromatic amines is 1. The van der Waals surface area contributed by atoms with Gasteiger partial charge in [0, 0.05) is 46.4 Å². The number of nitrogens with one attached hydrogen (secondary N) is 2. The van der Waals surface area contributed by atoms with E-state index in [0.29, 0.717) is 27.6 Å². The molecule has 0 aliphatic carbocycles. The third-order valence-corrected chi connectivity index (χ3v) is 6.72. The normalized spacial score (nSPS) is 17.8. The monoisotopic (exact) mass is 413 g/mol. The average Bonchev–Trinajstić information content (AvgIpc) is 3.38. The lowest BCUT2D eigenvalue weighted by molar-refractivity contribution is -0.122. The maximum atomic E-state index is 13.7. The van der Waals surface area contributed by atoms with Gasteiger partial charge >= 0.3 is 0 Å². The summed E-state index contributed by atoms with van der Waals surface area (Å²) >= 11 is 0. The molecule has 6 rings (SSSR count). The van der Waals surface area contributed by atoms with Crippen molar-refractivity contribution >= 4 is 44.8 Å². The van der Waals surface area contributed by atoms with Crippen molar-refractivity contribution in [3.8, 4) is 0 Å². The van der Waals surface area contributed by atoms with E-state index in [2.05, 4.69) is 34.8 Å². The van der Waals surface area contributed by atoms with Gasteiger partial charge in [-0.2, -0.15) is 0 Å². The van der Waals surface area contributed by atoms with Crippen LogP contribution in [0.3, 0.4) is 0 Å². The molecule has 2 amide bonds. The molecule has 0 fully saturated rings. The maximum Gasteiger partial charge on any atom is 0.259 e. The quantitative estimate of drug-likeness (QED) is 0.475. The number of benzene rings is 2. The summed E-state index contributed by atoms with van der Waals surface area (Å²) in [6, 6.07) is 10.5. The number of hydrogen-bond acceptors (Lipinski definition) is 2. The molecular weight excluding hydrogens is 393 g/mol. The van der Waals surface area contributed by atoms with Crippen LogP contribution in [-0.2, 0) is 21.5 Å². The van der Waals surface area contributed by atoms with Crippen LogP contribution in [0.5, 0.6) is 0 Å². The number of aryl methyl sites for hydroxylation is 1. The van der Waals surface area contributed by atoms with Crippen LogP contribution >= 0.6 is 0 Å². The molecule has 2 N–H and O–H groups in total. The van der Waals surface area contributed by atoms with Crippen LogP contribution in [0.1, 0.15) is 37.0 Å². The molecule has 4 heterocycles. The van der Waals surface area contributed by atoms with Gasteiger partial charge in [-0.1, -0.05) is 32.0 Å². The van der Waals surface area contributed by atoms with Gasteiger partial charge in [0.2, 0.25) is 0 Å². The first-order valence-corrected chi connectivity index (χ1v) is 10.3. The third kappa shape index (κ3) is 2.42. The molecule has 2 aliphatic rings. The highest BCUT2D eigenvalue weighted by molar-refractivity contribution is 6.50. The molecule has 0 unspecified atom stereocenters. The van der Waals surface area contributed by atoms with Gasteiger partial charge in [-0.25, -0.2) is 4.39 Å². The lowest BCUT2D eigenvalue weighted by Gasteiger charge is -2.31. The van der Waals surface area contributed by atoms with Crippen LogP contribution in [-0.4, -0.2) is 21.4 Å². The van der Waals surface area contributed by atoms with Crippen molar-refractivity contribution in [1.82, 2.24) is 14.9 Å². The summed E-state index contributed by atoms with van der Waals surface area (Å²) in [5, 5.41) is 4.14. The molecule has 0 bridgehead atoms. The minimum atomic E-state index is -0.433. The fraction of sp³-hybridized carbons (Fsp3) is 0.200. The molecule has 2 aliphatic heterocycles. The van der Waals surface area contributed by atoms with E-state index in [-0.39, 0.29) is 11.2 Å². The number of fused-ring (bicyclic) bond motifs is 1. The fourth-order valence-electron chi connectivity index (χ4n) is 5.09. The Morgan fingerprint density at radius 2 is 1.77 bits per heavy atom. The Morgan fingerprint density at radius 3 is 2.58 bits per heavy atom. The van der Waals surface area contributed by atoms with Crippen molar-refractivity contribution in [3.05, 3.63) is 71.3 Å². The number of nitrogens with zero attached hydrogens (tertiary/aromatic N) is 1. The number of H-pyrrole nitrogens is 1. The van der Waals surface area contributed by atoms with Crippen molar-refractivity contribution in [1.29, 1.82) is 0 Å². The highest BCUT2D eigenvalue weighted by Crippen LogP contribution is 2.43. The molecule has 0 radical (unpaired) electrons. The van der Waals surface area contributed by atoms with Crippen molar-refractivity contribution in [2.45, 2.75) is 32.2 Å². The number of carbonyl (C=O) groups is 2. The predicted molar refractivity (Wildman–Crippen MR) is 118 cm³/mol. The number of halogens is 1. The Hall–Kier alpha value is -3.67. The molecule has 2 aromatic heterocycles. The molecule has 6 heteroatoms. The highest BCUT2D eigenvalue weighted by atomic mass is 19.1. The van der Waals surface area contributed by atoms with Crippen LogP contribution in [0, 0.1) is 5.82 Å². The van der Waals surface area contributed by atoms with E-state index in [1.807, 2.05) is 18.3 Å². The number of para-hydroxylation sites is 1. The Balaban J connectivity index is 1.67. The molecule has 0 atom stereocenters. The molecule has 0 saturated carbocycles. The lowest BCUT2D eigenvalue weighted by Crippen LogP contribution is -2.25. The number of amides is 2. The van der Waals surface area contributed by atoms with Crippen LogP contribution in [0.25, 0.3) is 33.0 Å². The van der Waals surface area contributed by atoms with E-state index >= 15 is 0 Å². The summed E-state index contributed by atoms with van der Waals surface area (Å²) in [5.74, 6) is -1.20. The van der Waals surface area contributed by atoms with Crippen LogP contribution in [0.4, 0.5) is 4.39 Å². The Morgan fingerprint density at radius 1 is 1.00 bits per heavy atom. The van der Waals surface area contributed by atoms with Crippen molar-refractivity contribution in [3.63, 3.8) is 0 Å². The number of aromatic nitrogens is 2. The van der Waals surface area contributed by atoms with Crippen LogP contribution in [0.15, 0.2) is 48.8 Å². The largest absolute Gasteiger partial charge is 0.360 e. The van der Waals surface area contributed by atoms with Crippen molar-refractivity contribution < 1.29 is 14.0 Å². The Bertz CT molecular complexity index is 1490. The molecule has 0 spiro atoms. The van der Waals surface area contributed by atoms with Crippen molar-refractivity contribution in [2.75, 3.05) is 0 Å². The molecule has 4 aromatic rings. The molecule has 31 heavy (non-hydrogen) atoms. The standard InChI is InChI=1S/C25H20FN3O2/c1-25(2)8-9-29-12-17(15-4-3-5-18(25)22(15)29)21-20(23(30)28-24(21)31)16-11-27-19-10-13(26)6-7-14(16)19/h3-7,10-12,27H,8-9H2,1-2H3,(H,28,30,31). The summed E-state index contributed by atoms with van der Waals surface area (Å²) in [4.78, 5) is 28.9. The Labute approximate surface area is 177 Å². The molecule has 154 valence electrons. The molecular formula is C25H20FN3O2. The zero-order chi connectivity index (χ0) is 21.5. The van der Waals surface area contributed by atoms with Crippen LogP contribution < -0.4 is 5.32 Å². The Kier molecular flexibility index (Phi) is 3.47. The minimum absolute atomic E-state index is 0.0387. The summed E-state index contributed by atoms with van der Waals surface area (Å²) in [5.41, 5.74) is 5.03. The topological polar surface area (TPSA) is 66.9 Å². The van der Waals surface area contributed by atoms with Crippen molar-refractivity contribution in [2.24, 2.45) is 0 Å². The molecule has 5 nitrogen and oxygen atoms in total. The van der Waals surface area contributed by atoms with Gasteiger partial charge in [0.25, 0.3) is 11.8 Å². The zero-order valence-electron chi connectivity index (χ0n) is 17.2. The number of rotatable bonds is 2. The minimum Gasteiger partial charge on any atom is -0.360 e. The van der Waals surface area contributed by atoms with Gasteiger partial charge in [-0.3, -0.25) is 14.9 Å². The van der Waals surface area contributed by atoms with E-state index in [4.69, 9.17) is 0 Å². The van der Waals surface area contributed by atoms with E-state index < -0.39 is 11.8 Å². The maximum absolute atomic E-state index is 13.7. The molecule has 2 aromatic carbocycles. The van der Waals surface area contributed by atoms with Crippen LogP contribution in [0.2, 0.25) is 0 Å². The lowest BCUT2D eigenvalue weighted by atomic mass is 9.78. The average molecular weight is 413 g/mol. The van der Waals surface area contributed by atoms with E-state index in [9.17, 15) is 14.0 Å². The summed E-state index contributed by atoms with van der Waals surface area (Å²) < 4.78 is 15.8. The predicted octanol–water partition coefficient (Wildman–Crippen LogP) is 4.51. The zero-order valence-corrected chi connectivity index (χ0v) is 17.2. The highest BCUT2D eigenvalue weighted by Gasteiger charge is 2.37. The SMILES string of the molecule is CC1(C)CCn2cc(C3=C(c4c[nH]c5cc(F)ccc45)C(=O)NC3=O)c3cccc1c32. The summed E-state index contributed by atoms with van der Waals surface area (Å²) in [7, 11) is 0. The van der Waals surface area contributed by atoms with Gasteiger partial charge in [-0.15, -0.1) is 0 Å². The van der Waals surface area contributed by atoms with Gasteiger partial charge in [0.15, 0.2) is 0 Å². The number of hydrogen-bond donors (Lipinski definition) is 2. The van der Waals surface area contributed by atoms with Gasteiger partial charge in [0.1, 0.15) is 5.82 Å². The smallest absolute Gasteiger partial charge is 0.259 e. The summed E-state index contributed by atoms with van der Waals surface area (Å²) in [6.07, 6.45) is 4.66. The molecule has 0 saturated heterocycles. The second-order valence-electron chi connectivity index (χ2n) is 9.00. The number of imide groups is 1. The first kappa shape index (κ1) is 18.1. The third-order valence-electron chi connectivity index (χ3n) is 6.72. The summed E-state index contributed by atoms with van der Waals surface area (Å²) in [6.45, 7) is 5.32. The van der Waals surface area contributed by atoms with Gasteiger partial charge in [-0.05, 0) is 35.6 Å². The van der Waals surface area contributed by atoms with Gasteiger partial charge < -0.3 is 9.55 Å². The van der Waals surface area contributed by atoms with E-state index in [1.165, 1.54) is 17.7 Å². The first-order valence-electron chi connectivity index (χ1n) is 10.3. The second-order valence-corrected chi connectivity index (χ2v) is 9.00. The number of carbonyl (C=O) groups excluding carboxylic acids is 2. The fourth-order valence-corrected chi connectivity index (χ4v) is 5.09. The van der Waals surface area contributed by atoms with Gasteiger partial charge in [0.05, 0.1) is 16.7 Å². The first-order chi connectivity index (χ1) is 14.8. The second kappa shape index (κ2) is 5.94. The van der Waals surface area contributed by atoms with E-state index in [0.717, 1.165) is 29.4 Å². The van der Waals surface area contributed by atoms with E-state index in [1.54, 1.807) is 12.3 Å².